The molecule has 2 N–H and O–H groups in total. The molecule has 0 aromatic heterocycles. The summed E-state index contributed by atoms with van der Waals surface area (Å²) in [5.41, 5.74) is 0.574. The predicted molar refractivity (Wildman–Crippen MR) is 185 cm³/mol. The van der Waals surface area contributed by atoms with E-state index in [1.807, 2.05) is 30.4 Å². The fourth-order valence-electron chi connectivity index (χ4n) is 7.01. The Bertz CT molecular complexity index is 781. The van der Waals surface area contributed by atoms with Gasteiger partial charge in [0.25, 0.3) is 0 Å². The summed E-state index contributed by atoms with van der Waals surface area (Å²) in [5.74, 6) is 0.785. The largest absolute Gasteiger partial charge is 0.481 e. The van der Waals surface area contributed by atoms with Gasteiger partial charge in [-0.1, -0.05) is 146 Å². The minimum Gasteiger partial charge on any atom is -0.481 e. The van der Waals surface area contributed by atoms with Crippen molar-refractivity contribution in [3.05, 3.63) is 11.6 Å². The van der Waals surface area contributed by atoms with Gasteiger partial charge in [0.2, 0.25) is 0 Å². The number of rotatable bonds is 20. The zero-order valence-corrected chi connectivity index (χ0v) is 30.4. The van der Waals surface area contributed by atoms with Gasteiger partial charge in [0, 0.05) is 0 Å². The molecule has 0 radical (unpaired) electrons. The number of hydrogen-bond acceptors (Lipinski definition) is 4. The normalized spacial score (nSPS) is 26.2. The number of carboxylic acid groups (broad SMARTS) is 1. The lowest BCUT2D eigenvalue weighted by Crippen LogP contribution is -2.67. The van der Waals surface area contributed by atoms with Gasteiger partial charge in [0.05, 0.1) is 21.5 Å². The maximum atomic E-state index is 12.9. The van der Waals surface area contributed by atoms with Crippen molar-refractivity contribution in [2.24, 2.45) is 22.7 Å². The van der Waals surface area contributed by atoms with E-state index in [-0.39, 0.29) is 16.7 Å². The zero-order valence-electron chi connectivity index (χ0n) is 28.7. The number of aliphatic carboxylic acids is 1. The molecule has 0 heterocycles. The van der Waals surface area contributed by atoms with Crippen molar-refractivity contribution in [3.8, 4) is 0 Å². The smallest absolute Gasteiger partial charge is 0.307 e. The number of carbonyl (C=O) groups is 1. The van der Waals surface area contributed by atoms with E-state index >= 15 is 0 Å². The minimum atomic E-state index is -0.716. The lowest BCUT2D eigenvalue weighted by molar-refractivity contribution is -0.143. The molecular formula is C36H68O3S2. The Balaban J connectivity index is 3.65. The second-order valence-corrected chi connectivity index (χ2v) is 17.6. The van der Waals surface area contributed by atoms with Crippen LogP contribution in [0.5, 0.6) is 0 Å². The van der Waals surface area contributed by atoms with Crippen LogP contribution in [0.1, 0.15) is 159 Å². The van der Waals surface area contributed by atoms with Gasteiger partial charge in [-0.3, -0.25) is 4.79 Å². The van der Waals surface area contributed by atoms with Gasteiger partial charge in [-0.25, -0.2) is 0 Å². The van der Waals surface area contributed by atoms with E-state index < -0.39 is 27.5 Å². The average molecular weight is 613 g/mol. The third kappa shape index (κ3) is 10.2. The second-order valence-electron chi connectivity index (χ2n) is 14.8. The summed E-state index contributed by atoms with van der Waals surface area (Å²) in [6.07, 6.45) is 18.5. The van der Waals surface area contributed by atoms with E-state index in [0.29, 0.717) is 0 Å². The number of carboxylic acids is 1. The SMILES string of the molecule is CCCCCCCCSC1(C(C)C(=O)O)C=C(C(C)(C)C)C(O)C(SCCCCCCCC)(C(C)(C)C)C1CCC. The Hall–Kier alpha value is -0.130. The van der Waals surface area contributed by atoms with Crippen LogP contribution in [0, 0.1) is 22.7 Å². The van der Waals surface area contributed by atoms with Crippen LogP contribution in [0.15, 0.2) is 11.6 Å². The summed E-state index contributed by atoms with van der Waals surface area (Å²) in [4.78, 5) is 12.9. The van der Waals surface area contributed by atoms with Crippen LogP contribution in [-0.4, -0.2) is 43.3 Å². The molecule has 1 aliphatic carbocycles. The molecule has 0 aliphatic heterocycles. The summed E-state index contributed by atoms with van der Waals surface area (Å²) < 4.78 is -1.03. The van der Waals surface area contributed by atoms with Gasteiger partial charge in [0.15, 0.2) is 0 Å². The predicted octanol–water partition coefficient (Wildman–Crippen LogP) is 11.2. The highest BCUT2D eigenvalue weighted by atomic mass is 32.2. The summed E-state index contributed by atoms with van der Waals surface area (Å²) in [5, 5.41) is 23.1. The quantitative estimate of drug-likeness (QED) is 0.106. The summed E-state index contributed by atoms with van der Waals surface area (Å²) in [7, 11) is 0. The van der Waals surface area contributed by atoms with Crippen molar-refractivity contribution in [1.29, 1.82) is 0 Å². The van der Waals surface area contributed by atoms with Crippen LogP contribution < -0.4 is 0 Å². The molecule has 0 aromatic rings. The molecular weight excluding hydrogens is 545 g/mol. The molecule has 0 fully saturated rings. The Morgan fingerprint density at radius 3 is 1.68 bits per heavy atom. The molecule has 0 saturated heterocycles. The lowest BCUT2D eigenvalue weighted by Gasteiger charge is -2.63. The van der Waals surface area contributed by atoms with Crippen LogP contribution in [0.2, 0.25) is 0 Å². The third-order valence-corrected chi connectivity index (χ3v) is 13.3. The molecule has 3 nitrogen and oxygen atoms in total. The van der Waals surface area contributed by atoms with Crippen molar-refractivity contribution >= 4 is 29.5 Å². The van der Waals surface area contributed by atoms with Crippen molar-refractivity contribution in [3.63, 3.8) is 0 Å². The molecule has 1 rings (SSSR count). The molecule has 0 bridgehead atoms. The number of aliphatic hydroxyl groups excluding tert-OH is 1. The Morgan fingerprint density at radius 2 is 1.27 bits per heavy atom. The van der Waals surface area contributed by atoms with E-state index in [1.54, 1.807) is 0 Å². The second kappa shape index (κ2) is 18.0. The molecule has 5 atom stereocenters. The Labute approximate surface area is 264 Å². The van der Waals surface area contributed by atoms with Gasteiger partial charge >= 0.3 is 5.97 Å². The van der Waals surface area contributed by atoms with Crippen LogP contribution in [0.3, 0.4) is 0 Å². The van der Waals surface area contributed by atoms with E-state index in [1.165, 1.54) is 64.2 Å². The number of thioether (sulfide) groups is 2. The first-order valence-electron chi connectivity index (χ1n) is 17.1. The van der Waals surface area contributed by atoms with Gasteiger partial charge in [0.1, 0.15) is 0 Å². The topological polar surface area (TPSA) is 57.5 Å². The van der Waals surface area contributed by atoms with E-state index in [4.69, 9.17) is 0 Å². The van der Waals surface area contributed by atoms with E-state index in [0.717, 1.165) is 42.8 Å². The third-order valence-electron chi connectivity index (χ3n) is 9.50. The standard InChI is InChI=1S/C36H68O3S2/c1-11-14-16-18-20-22-25-40-35(28(4)32(38)39)27-29(33(5,6)7)31(37)36(34(8,9)10,30(35)24-13-3)41-26-23-21-19-17-15-12-2/h27-28,30-31,37H,11-26H2,1-10H3,(H,38,39). The highest BCUT2D eigenvalue weighted by Crippen LogP contribution is 2.64. The summed E-state index contributed by atoms with van der Waals surface area (Å²) in [6.45, 7) is 22.2. The number of aliphatic hydroxyl groups is 1. The van der Waals surface area contributed by atoms with Gasteiger partial charge in [-0.05, 0) is 53.1 Å². The van der Waals surface area contributed by atoms with Crippen molar-refractivity contribution in [2.75, 3.05) is 11.5 Å². The first-order valence-corrected chi connectivity index (χ1v) is 19.1. The van der Waals surface area contributed by atoms with Crippen LogP contribution in [0.25, 0.3) is 0 Å². The molecule has 5 heteroatoms. The van der Waals surface area contributed by atoms with Crippen molar-refractivity contribution in [2.45, 2.75) is 175 Å². The number of hydrogen-bond donors (Lipinski definition) is 2. The molecule has 41 heavy (non-hydrogen) atoms. The zero-order chi connectivity index (χ0) is 31.3. The highest BCUT2D eigenvalue weighted by Gasteiger charge is 2.65. The Morgan fingerprint density at radius 1 is 0.805 bits per heavy atom. The van der Waals surface area contributed by atoms with Gasteiger partial charge in [-0.15, -0.1) is 11.8 Å². The summed E-state index contributed by atoms with van der Waals surface area (Å²) >= 11 is 3.88. The van der Waals surface area contributed by atoms with E-state index in [9.17, 15) is 15.0 Å². The molecule has 0 saturated carbocycles. The fourth-order valence-corrected chi connectivity index (χ4v) is 10.8. The minimum absolute atomic E-state index is 0.0578. The molecule has 0 aromatic carbocycles. The Kier molecular flexibility index (Phi) is 17.1. The summed E-state index contributed by atoms with van der Waals surface area (Å²) in [6, 6.07) is 0. The fraction of sp³-hybridized carbons (Fsp3) is 0.917. The van der Waals surface area contributed by atoms with Crippen LogP contribution >= 0.6 is 23.5 Å². The molecule has 0 amide bonds. The maximum absolute atomic E-state index is 12.9. The highest BCUT2D eigenvalue weighted by molar-refractivity contribution is 8.01. The number of unbranched alkanes of at least 4 members (excludes halogenated alkanes) is 10. The molecule has 0 spiro atoms. The van der Waals surface area contributed by atoms with Crippen LogP contribution in [0.4, 0.5) is 0 Å². The first kappa shape index (κ1) is 38.9. The van der Waals surface area contributed by atoms with Gasteiger partial charge < -0.3 is 10.2 Å². The molecule has 242 valence electrons. The first-order chi connectivity index (χ1) is 19.2. The van der Waals surface area contributed by atoms with Crippen molar-refractivity contribution in [1.82, 2.24) is 0 Å². The van der Waals surface area contributed by atoms with Crippen molar-refractivity contribution < 1.29 is 15.0 Å². The lowest BCUT2D eigenvalue weighted by atomic mass is 9.55. The molecule has 5 unspecified atom stereocenters. The molecule has 1 aliphatic rings. The monoisotopic (exact) mass is 612 g/mol. The maximum Gasteiger partial charge on any atom is 0.307 e. The van der Waals surface area contributed by atoms with Crippen LogP contribution in [-0.2, 0) is 4.79 Å². The van der Waals surface area contributed by atoms with Gasteiger partial charge in [-0.2, -0.15) is 11.8 Å². The van der Waals surface area contributed by atoms with E-state index in [2.05, 4.69) is 68.4 Å². The average Bonchev–Trinajstić information content (AvgIpc) is 2.88.